The summed E-state index contributed by atoms with van der Waals surface area (Å²) in [4.78, 5) is 42.2. The molecule has 36 heavy (non-hydrogen) atoms. The molecule has 0 saturated carbocycles. The number of Topliss-reactive ketones (excluding diaryl/α,β-unsaturated/α-hetero) is 1. The summed E-state index contributed by atoms with van der Waals surface area (Å²) >= 11 is 1.34. The van der Waals surface area contributed by atoms with Crippen LogP contribution >= 0.6 is 11.3 Å². The van der Waals surface area contributed by atoms with Crippen LogP contribution in [0.25, 0.3) is 11.1 Å². The van der Waals surface area contributed by atoms with Gasteiger partial charge < -0.3 is 10.6 Å². The molecule has 2 amide bonds. The first-order valence-corrected chi connectivity index (χ1v) is 11.8. The van der Waals surface area contributed by atoms with Crippen molar-refractivity contribution in [1.29, 1.82) is 0 Å². The van der Waals surface area contributed by atoms with Crippen LogP contribution in [0.5, 0.6) is 0 Å². The lowest BCUT2D eigenvalue weighted by molar-refractivity contribution is -0.140. The average Bonchev–Trinajstić information content (AvgIpc) is 3.54. The fourth-order valence-electron chi connectivity index (χ4n) is 3.51. The van der Waals surface area contributed by atoms with E-state index in [1.165, 1.54) is 28.4 Å². The van der Waals surface area contributed by atoms with Crippen molar-refractivity contribution in [2.45, 2.75) is 25.6 Å². The molecule has 184 valence electrons. The summed E-state index contributed by atoms with van der Waals surface area (Å²) in [6.07, 6.45) is 4.55. The molecule has 0 fully saturated rings. The predicted octanol–water partition coefficient (Wildman–Crippen LogP) is 2.90. The number of aromatic nitrogens is 3. The first-order valence-electron chi connectivity index (χ1n) is 10.9. The van der Waals surface area contributed by atoms with Gasteiger partial charge in [-0.05, 0) is 23.3 Å². The SMILES string of the molecule is O=C(Cn1cc(-c2cc(F)cc(F)c2)cn1)N[C@H](Cc1ccccc1)C(=O)C(=O)NCc1nccs1. The first kappa shape index (κ1) is 24.9. The number of carbonyl (C=O) groups excluding carboxylic acids is 3. The number of amides is 2. The van der Waals surface area contributed by atoms with E-state index in [1.807, 2.05) is 6.07 Å². The second-order valence-corrected chi connectivity index (χ2v) is 8.85. The van der Waals surface area contributed by atoms with E-state index in [1.54, 1.807) is 35.8 Å². The highest BCUT2D eigenvalue weighted by Crippen LogP contribution is 2.21. The van der Waals surface area contributed by atoms with E-state index in [2.05, 4.69) is 20.7 Å². The second kappa shape index (κ2) is 11.5. The van der Waals surface area contributed by atoms with Crippen molar-refractivity contribution in [1.82, 2.24) is 25.4 Å². The van der Waals surface area contributed by atoms with Crippen LogP contribution in [0.1, 0.15) is 10.6 Å². The third-order valence-electron chi connectivity index (χ3n) is 5.18. The number of hydrogen-bond acceptors (Lipinski definition) is 6. The Morgan fingerprint density at radius 3 is 2.47 bits per heavy atom. The third kappa shape index (κ3) is 6.66. The van der Waals surface area contributed by atoms with Crippen molar-refractivity contribution in [2.24, 2.45) is 0 Å². The normalized spacial score (nSPS) is 11.6. The van der Waals surface area contributed by atoms with Crippen molar-refractivity contribution >= 4 is 28.9 Å². The number of benzene rings is 2. The maximum Gasteiger partial charge on any atom is 0.289 e. The van der Waals surface area contributed by atoms with Gasteiger partial charge in [0.25, 0.3) is 5.91 Å². The molecule has 2 N–H and O–H groups in total. The lowest BCUT2D eigenvalue weighted by Gasteiger charge is -2.17. The molecule has 8 nitrogen and oxygen atoms in total. The molecule has 0 unspecified atom stereocenters. The minimum Gasteiger partial charge on any atom is -0.344 e. The fraction of sp³-hybridized carbons (Fsp3) is 0.160. The molecule has 0 aliphatic carbocycles. The summed E-state index contributed by atoms with van der Waals surface area (Å²) in [5, 5.41) is 11.6. The van der Waals surface area contributed by atoms with Crippen LogP contribution < -0.4 is 10.6 Å². The molecule has 0 saturated heterocycles. The molecular formula is C25H21F2N5O3S. The number of nitrogens with zero attached hydrogens (tertiary/aromatic N) is 3. The van der Waals surface area contributed by atoms with Gasteiger partial charge in [0.15, 0.2) is 0 Å². The number of thiazole rings is 1. The van der Waals surface area contributed by atoms with Gasteiger partial charge in [0.2, 0.25) is 11.7 Å². The van der Waals surface area contributed by atoms with Gasteiger partial charge in [-0.2, -0.15) is 5.10 Å². The molecule has 2 aromatic carbocycles. The predicted molar refractivity (Wildman–Crippen MR) is 129 cm³/mol. The standard InChI is InChI=1S/C25H21F2N5O3S/c26-19-9-17(10-20(27)11-19)18-12-30-32(14-18)15-22(33)31-21(8-16-4-2-1-3-5-16)24(34)25(35)29-13-23-28-6-7-36-23/h1-7,9-12,14,21H,8,13,15H2,(H,29,35)(H,31,33)/t21-/m1/s1. The lowest BCUT2D eigenvalue weighted by atomic mass is 10.0. The number of nitrogens with one attached hydrogen (secondary N) is 2. The van der Waals surface area contributed by atoms with Gasteiger partial charge in [-0.3, -0.25) is 19.1 Å². The van der Waals surface area contributed by atoms with Crippen molar-refractivity contribution in [2.75, 3.05) is 0 Å². The van der Waals surface area contributed by atoms with Gasteiger partial charge in [-0.15, -0.1) is 11.3 Å². The van der Waals surface area contributed by atoms with Crippen LogP contribution in [0.4, 0.5) is 8.78 Å². The lowest BCUT2D eigenvalue weighted by Crippen LogP contribution is -2.49. The topological polar surface area (TPSA) is 106 Å². The maximum absolute atomic E-state index is 13.5. The molecule has 1 atom stereocenters. The molecule has 0 aliphatic rings. The zero-order valence-corrected chi connectivity index (χ0v) is 19.7. The van der Waals surface area contributed by atoms with Gasteiger partial charge >= 0.3 is 0 Å². The Hall–Kier alpha value is -4.25. The highest BCUT2D eigenvalue weighted by atomic mass is 32.1. The molecule has 0 bridgehead atoms. The number of ketones is 1. The van der Waals surface area contributed by atoms with Crippen LogP contribution in [0, 0.1) is 11.6 Å². The third-order valence-corrected chi connectivity index (χ3v) is 5.96. The Labute approximate surface area is 209 Å². The van der Waals surface area contributed by atoms with Crippen LogP contribution in [0.15, 0.2) is 72.5 Å². The minimum absolute atomic E-state index is 0.102. The van der Waals surface area contributed by atoms with E-state index in [9.17, 15) is 23.2 Å². The summed E-state index contributed by atoms with van der Waals surface area (Å²) in [6.45, 7) is -0.165. The summed E-state index contributed by atoms with van der Waals surface area (Å²) in [5.41, 5.74) is 1.45. The zero-order valence-electron chi connectivity index (χ0n) is 18.9. The summed E-state index contributed by atoms with van der Waals surface area (Å²) in [7, 11) is 0. The van der Waals surface area contributed by atoms with Gasteiger partial charge in [0, 0.05) is 35.8 Å². The summed E-state index contributed by atoms with van der Waals surface area (Å²) < 4.78 is 28.3. The molecule has 2 aromatic heterocycles. The minimum atomic E-state index is -1.11. The monoisotopic (exact) mass is 509 g/mol. The van der Waals surface area contributed by atoms with E-state index in [0.717, 1.165) is 23.8 Å². The Bertz CT molecular complexity index is 1340. The Balaban J connectivity index is 1.43. The smallest absolute Gasteiger partial charge is 0.289 e. The Morgan fingerprint density at radius 1 is 1.03 bits per heavy atom. The first-order chi connectivity index (χ1) is 17.4. The van der Waals surface area contributed by atoms with E-state index < -0.39 is 35.3 Å². The molecule has 11 heteroatoms. The van der Waals surface area contributed by atoms with E-state index in [0.29, 0.717) is 10.6 Å². The van der Waals surface area contributed by atoms with Crippen LogP contribution in [-0.4, -0.2) is 38.4 Å². The molecule has 4 aromatic rings. The van der Waals surface area contributed by atoms with Crippen molar-refractivity contribution < 1.29 is 23.2 Å². The Morgan fingerprint density at radius 2 is 1.78 bits per heavy atom. The quantitative estimate of drug-likeness (QED) is 0.320. The van der Waals surface area contributed by atoms with Gasteiger partial charge in [0.05, 0.1) is 12.7 Å². The molecule has 4 rings (SSSR count). The van der Waals surface area contributed by atoms with Crippen molar-refractivity contribution in [3.05, 3.63) is 94.7 Å². The second-order valence-electron chi connectivity index (χ2n) is 7.87. The molecule has 0 radical (unpaired) electrons. The van der Waals surface area contributed by atoms with Crippen LogP contribution in [0.2, 0.25) is 0 Å². The van der Waals surface area contributed by atoms with E-state index in [-0.39, 0.29) is 25.1 Å². The van der Waals surface area contributed by atoms with E-state index >= 15 is 0 Å². The van der Waals surface area contributed by atoms with Gasteiger partial charge in [0.1, 0.15) is 29.2 Å². The summed E-state index contributed by atoms with van der Waals surface area (Å²) in [6, 6.07) is 11.0. The highest BCUT2D eigenvalue weighted by molar-refractivity contribution is 7.09. The number of carbonyl (C=O) groups is 3. The maximum atomic E-state index is 13.5. The van der Waals surface area contributed by atoms with Gasteiger partial charge in [-0.25, -0.2) is 13.8 Å². The van der Waals surface area contributed by atoms with Crippen LogP contribution in [0.3, 0.4) is 0 Å². The fourth-order valence-corrected chi connectivity index (χ4v) is 4.06. The average molecular weight is 510 g/mol. The molecule has 0 aliphatic heterocycles. The van der Waals surface area contributed by atoms with Gasteiger partial charge in [-0.1, -0.05) is 30.3 Å². The molecule has 2 heterocycles. The number of hydrogen-bond donors (Lipinski definition) is 2. The summed E-state index contributed by atoms with van der Waals surface area (Å²) in [5.74, 6) is -3.64. The molecule has 0 spiro atoms. The van der Waals surface area contributed by atoms with Crippen LogP contribution in [-0.2, 0) is 33.9 Å². The van der Waals surface area contributed by atoms with Crippen molar-refractivity contribution in [3.8, 4) is 11.1 Å². The largest absolute Gasteiger partial charge is 0.344 e. The highest BCUT2D eigenvalue weighted by Gasteiger charge is 2.27. The number of halogens is 2. The number of rotatable bonds is 10. The van der Waals surface area contributed by atoms with Crippen molar-refractivity contribution in [3.63, 3.8) is 0 Å². The Kier molecular flexibility index (Phi) is 7.91. The van der Waals surface area contributed by atoms with E-state index in [4.69, 9.17) is 0 Å². The zero-order chi connectivity index (χ0) is 25.5. The molecular weight excluding hydrogens is 488 g/mol.